The summed E-state index contributed by atoms with van der Waals surface area (Å²) in [6.45, 7) is 2.84. The first-order chi connectivity index (χ1) is 6.59. The first-order valence-corrected chi connectivity index (χ1v) is 4.62. The standard InChI is InChI=1S/C10H16FN3/c1-8(14(2)3)7-12-10-6-4-5-9(11)13-10/h4-6,8H,7H2,1-3H3,(H,12,13). The van der Waals surface area contributed by atoms with Crippen LogP contribution < -0.4 is 5.32 Å². The lowest BCUT2D eigenvalue weighted by molar-refractivity contribution is 0.326. The molecule has 0 aliphatic rings. The smallest absolute Gasteiger partial charge is 0.214 e. The number of hydrogen-bond donors (Lipinski definition) is 1. The van der Waals surface area contributed by atoms with Gasteiger partial charge in [0, 0.05) is 12.6 Å². The third-order valence-corrected chi connectivity index (χ3v) is 2.18. The second-order valence-electron chi connectivity index (χ2n) is 3.54. The van der Waals surface area contributed by atoms with Crippen LogP contribution in [0.2, 0.25) is 0 Å². The van der Waals surface area contributed by atoms with Gasteiger partial charge < -0.3 is 10.2 Å². The fourth-order valence-corrected chi connectivity index (χ4v) is 0.942. The van der Waals surface area contributed by atoms with E-state index in [1.807, 2.05) is 14.1 Å². The summed E-state index contributed by atoms with van der Waals surface area (Å²) in [5, 5.41) is 3.07. The van der Waals surface area contributed by atoms with Crippen LogP contribution in [-0.2, 0) is 0 Å². The third kappa shape index (κ3) is 3.30. The topological polar surface area (TPSA) is 28.2 Å². The fraction of sp³-hybridized carbons (Fsp3) is 0.500. The Balaban J connectivity index is 2.45. The van der Waals surface area contributed by atoms with Gasteiger partial charge in [-0.3, -0.25) is 0 Å². The molecular formula is C10H16FN3. The van der Waals surface area contributed by atoms with Gasteiger partial charge in [0.05, 0.1) is 0 Å². The maximum absolute atomic E-state index is 12.7. The van der Waals surface area contributed by atoms with Gasteiger partial charge in [-0.15, -0.1) is 0 Å². The van der Waals surface area contributed by atoms with Gasteiger partial charge in [0.1, 0.15) is 5.82 Å². The molecule has 0 aromatic carbocycles. The Labute approximate surface area is 84.0 Å². The van der Waals surface area contributed by atoms with Crippen molar-refractivity contribution in [3.05, 3.63) is 24.1 Å². The summed E-state index contributed by atoms with van der Waals surface area (Å²) >= 11 is 0. The van der Waals surface area contributed by atoms with E-state index in [0.717, 1.165) is 6.54 Å². The van der Waals surface area contributed by atoms with Gasteiger partial charge in [-0.25, -0.2) is 4.98 Å². The van der Waals surface area contributed by atoms with Crippen molar-refractivity contribution in [2.75, 3.05) is 26.0 Å². The lowest BCUT2D eigenvalue weighted by Gasteiger charge is -2.20. The Morgan fingerprint density at radius 3 is 2.79 bits per heavy atom. The highest BCUT2D eigenvalue weighted by Gasteiger charge is 2.04. The van der Waals surface area contributed by atoms with E-state index in [0.29, 0.717) is 11.9 Å². The molecule has 0 amide bonds. The summed E-state index contributed by atoms with van der Waals surface area (Å²) in [6, 6.07) is 5.12. The molecule has 0 bridgehead atoms. The van der Waals surface area contributed by atoms with Crippen molar-refractivity contribution >= 4 is 5.82 Å². The minimum Gasteiger partial charge on any atom is -0.368 e. The molecule has 4 heteroatoms. The second kappa shape index (κ2) is 4.91. The molecule has 0 saturated carbocycles. The second-order valence-corrected chi connectivity index (χ2v) is 3.54. The fourth-order valence-electron chi connectivity index (χ4n) is 0.942. The maximum atomic E-state index is 12.7. The summed E-state index contributed by atoms with van der Waals surface area (Å²) in [5.74, 6) is 0.131. The number of nitrogens with one attached hydrogen (secondary N) is 1. The van der Waals surface area contributed by atoms with Crippen molar-refractivity contribution < 1.29 is 4.39 Å². The van der Waals surface area contributed by atoms with Gasteiger partial charge >= 0.3 is 0 Å². The van der Waals surface area contributed by atoms with E-state index < -0.39 is 5.95 Å². The normalized spacial score (nSPS) is 12.9. The first kappa shape index (κ1) is 10.9. The molecule has 3 nitrogen and oxygen atoms in total. The molecule has 1 N–H and O–H groups in total. The number of anilines is 1. The maximum Gasteiger partial charge on any atom is 0.214 e. The molecule has 0 aliphatic carbocycles. The van der Waals surface area contributed by atoms with Gasteiger partial charge in [-0.2, -0.15) is 4.39 Å². The lowest BCUT2D eigenvalue weighted by Crippen LogP contribution is -2.31. The van der Waals surface area contributed by atoms with E-state index >= 15 is 0 Å². The minimum atomic E-state index is -0.451. The van der Waals surface area contributed by atoms with Crippen LogP contribution in [0, 0.1) is 5.95 Å². The van der Waals surface area contributed by atoms with Crippen molar-refractivity contribution in [1.29, 1.82) is 0 Å². The Bertz CT molecular complexity index is 288. The molecule has 14 heavy (non-hydrogen) atoms. The van der Waals surface area contributed by atoms with Gasteiger partial charge in [0.25, 0.3) is 0 Å². The van der Waals surface area contributed by atoms with Gasteiger partial charge in [0.2, 0.25) is 5.95 Å². The third-order valence-electron chi connectivity index (χ3n) is 2.18. The average Bonchev–Trinajstić information content (AvgIpc) is 2.14. The molecule has 0 spiro atoms. The summed E-state index contributed by atoms with van der Waals surface area (Å²) in [5.41, 5.74) is 0. The van der Waals surface area contributed by atoms with Gasteiger partial charge in [0.15, 0.2) is 0 Å². The predicted octanol–water partition coefficient (Wildman–Crippen LogP) is 1.58. The SMILES string of the molecule is CC(CNc1cccc(F)n1)N(C)C. The van der Waals surface area contributed by atoms with Crippen LogP contribution in [0.5, 0.6) is 0 Å². The predicted molar refractivity (Wildman–Crippen MR) is 55.8 cm³/mol. The quantitative estimate of drug-likeness (QED) is 0.743. The molecule has 0 fully saturated rings. The van der Waals surface area contributed by atoms with Crippen molar-refractivity contribution in [1.82, 2.24) is 9.88 Å². The molecule has 1 aromatic rings. The van der Waals surface area contributed by atoms with Crippen LogP contribution in [0.3, 0.4) is 0 Å². The Hall–Kier alpha value is -1.16. The van der Waals surface area contributed by atoms with E-state index in [-0.39, 0.29) is 0 Å². The molecular weight excluding hydrogens is 181 g/mol. The molecule has 0 saturated heterocycles. The largest absolute Gasteiger partial charge is 0.368 e. The van der Waals surface area contributed by atoms with Crippen molar-refractivity contribution in [3.63, 3.8) is 0 Å². The molecule has 0 radical (unpaired) electrons. The molecule has 1 aromatic heterocycles. The number of rotatable bonds is 4. The zero-order valence-corrected chi connectivity index (χ0v) is 8.79. The van der Waals surface area contributed by atoms with Crippen molar-refractivity contribution in [2.24, 2.45) is 0 Å². The monoisotopic (exact) mass is 197 g/mol. The number of likely N-dealkylation sites (N-methyl/N-ethyl adjacent to an activating group) is 1. The highest BCUT2D eigenvalue weighted by Crippen LogP contribution is 2.03. The number of nitrogens with zero attached hydrogens (tertiary/aromatic N) is 2. The first-order valence-electron chi connectivity index (χ1n) is 4.62. The molecule has 0 aliphatic heterocycles. The number of halogens is 1. The molecule has 78 valence electrons. The van der Waals surface area contributed by atoms with Crippen LogP contribution in [0.15, 0.2) is 18.2 Å². The van der Waals surface area contributed by atoms with Crippen molar-refractivity contribution in [3.8, 4) is 0 Å². The highest BCUT2D eigenvalue weighted by molar-refractivity contribution is 5.33. The zero-order chi connectivity index (χ0) is 10.6. The van der Waals surface area contributed by atoms with Crippen LogP contribution >= 0.6 is 0 Å². The molecule has 1 unspecified atom stereocenters. The lowest BCUT2D eigenvalue weighted by atomic mass is 10.3. The van der Waals surface area contributed by atoms with Gasteiger partial charge in [-0.05, 0) is 33.2 Å². The van der Waals surface area contributed by atoms with Crippen LogP contribution in [-0.4, -0.2) is 36.6 Å². The number of aromatic nitrogens is 1. The average molecular weight is 197 g/mol. The van der Waals surface area contributed by atoms with Crippen LogP contribution in [0.1, 0.15) is 6.92 Å². The molecule has 1 rings (SSSR count). The summed E-state index contributed by atoms with van der Waals surface area (Å²) < 4.78 is 12.7. The Morgan fingerprint density at radius 2 is 2.21 bits per heavy atom. The van der Waals surface area contributed by atoms with E-state index in [9.17, 15) is 4.39 Å². The molecule has 1 heterocycles. The summed E-state index contributed by atoms with van der Waals surface area (Å²) in [7, 11) is 4.01. The van der Waals surface area contributed by atoms with E-state index in [4.69, 9.17) is 0 Å². The van der Waals surface area contributed by atoms with Gasteiger partial charge in [-0.1, -0.05) is 6.07 Å². The Kier molecular flexibility index (Phi) is 3.83. The van der Waals surface area contributed by atoms with Crippen LogP contribution in [0.25, 0.3) is 0 Å². The summed E-state index contributed by atoms with van der Waals surface area (Å²) in [6.07, 6.45) is 0. The van der Waals surface area contributed by atoms with Crippen molar-refractivity contribution in [2.45, 2.75) is 13.0 Å². The molecule has 1 atom stereocenters. The Morgan fingerprint density at radius 1 is 1.50 bits per heavy atom. The van der Waals surface area contributed by atoms with E-state index in [2.05, 4.69) is 22.1 Å². The van der Waals surface area contributed by atoms with E-state index in [1.165, 1.54) is 6.07 Å². The zero-order valence-electron chi connectivity index (χ0n) is 8.79. The number of pyridine rings is 1. The summed E-state index contributed by atoms with van der Waals surface area (Å²) in [4.78, 5) is 5.80. The van der Waals surface area contributed by atoms with E-state index in [1.54, 1.807) is 12.1 Å². The highest BCUT2D eigenvalue weighted by atomic mass is 19.1. The minimum absolute atomic E-state index is 0.389. The number of hydrogen-bond acceptors (Lipinski definition) is 3. The van der Waals surface area contributed by atoms with Crippen LogP contribution in [0.4, 0.5) is 10.2 Å².